The van der Waals surface area contributed by atoms with E-state index in [0.29, 0.717) is 25.2 Å². The largest absolute Gasteiger partial charge is 0.349 e. The monoisotopic (exact) mass is 336 g/mol. The Morgan fingerprint density at radius 3 is 2.70 bits per heavy atom. The standard InChI is InChI=1S/C16H21FN4OS/c1-21(2)14(11-3-5-12(17)6-4-11)9-19-16(22)13-10-23-15(20-13)7-8-18/h3-6,10,14H,7-9,18H2,1-2H3,(H,19,22). The normalized spacial score (nSPS) is 12.4. The van der Waals surface area contributed by atoms with Crippen molar-refractivity contribution in [1.29, 1.82) is 0 Å². The number of likely N-dealkylation sites (N-methyl/N-ethyl adjacent to an activating group) is 1. The molecule has 0 spiro atoms. The van der Waals surface area contributed by atoms with E-state index in [1.807, 2.05) is 19.0 Å². The van der Waals surface area contributed by atoms with Gasteiger partial charge in [-0.05, 0) is 38.3 Å². The first-order valence-electron chi connectivity index (χ1n) is 7.36. The quantitative estimate of drug-likeness (QED) is 0.809. The smallest absolute Gasteiger partial charge is 0.270 e. The van der Waals surface area contributed by atoms with Gasteiger partial charge in [0.15, 0.2) is 0 Å². The summed E-state index contributed by atoms with van der Waals surface area (Å²) in [5, 5.41) is 5.49. The first-order valence-corrected chi connectivity index (χ1v) is 8.23. The zero-order valence-electron chi connectivity index (χ0n) is 13.3. The Labute approximate surface area is 139 Å². The number of nitrogens with zero attached hydrogens (tertiary/aromatic N) is 2. The van der Waals surface area contributed by atoms with Gasteiger partial charge < -0.3 is 16.0 Å². The van der Waals surface area contributed by atoms with E-state index in [2.05, 4.69) is 10.3 Å². The second-order valence-electron chi connectivity index (χ2n) is 5.41. The van der Waals surface area contributed by atoms with Gasteiger partial charge in [0.25, 0.3) is 5.91 Å². The van der Waals surface area contributed by atoms with Crippen LogP contribution in [0.1, 0.15) is 27.1 Å². The third-order valence-corrected chi connectivity index (χ3v) is 4.39. The van der Waals surface area contributed by atoms with Crippen LogP contribution in [0.25, 0.3) is 0 Å². The molecule has 1 heterocycles. The maximum atomic E-state index is 13.1. The summed E-state index contributed by atoms with van der Waals surface area (Å²) >= 11 is 1.44. The van der Waals surface area contributed by atoms with Gasteiger partial charge in [-0.15, -0.1) is 11.3 Å². The molecular weight excluding hydrogens is 315 g/mol. The highest BCUT2D eigenvalue weighted by Crippen LogP contribution is 2.18. The van der Waals surface area contributed by atoms with Crippen molar-refractivity contribution >= 4 is 17.2 Å². The molecule has 1 aromatic heterocycles. The van der Waals surface area contributed by atoms with Crippen molar-refractivity contribution in [3.63, 3.8) is 0 Å². The number of carbonyl (C=O) groups excluding carboxylic acids is 1. The van der Waals surface area contributed by atoms with Gasteiger partial charge in [0.05, 0.1) is 11.0 Å². The molecule has 0 fully saturated rings. The molecule has 0 aliphatic carbocycles. The van der Waals surface area contributed by atoms with Crippen molar-refractivity contribution in [2.45, 2.75) is 12.5 Å². The molecule has 0 aliphatic rings. The van der Waals surface area contributed by atoms with Gasteiger partial charge in [0.1, 0.15) is 11.5 Å². The van der Waals surface area contributed by atoms with Gasteiger partial charge in [-0.25, -0.2) is 9.37 Å². The molecule has 1 unspecified atom stereocenters. The lowest BCUT2D eigenvalue weighted by Gasteiger charge is -2.25. The topological polar surface area (TPSA) is 71.2 Å². The molecular formula is C16H21FN4OS. The number of hydrogen-bond acceptors (Lipinski definition) is 5. The van der Waals surface area contributed by atoms with Crippen molar-refractivity contribution in [1.82, 2.24) is 15.2 Å². The lowest BCUT2D eigenvalue weighted by molar-refractivity contribution is 0.0937. The van der Waals surface area contributed by atoms with E-state index in [9.17, 15) is 9.18 Å². The summed E-state index contributed by atoms with van der Waals surface area (Å²) in [5.41, 5.74) is 6.84. The van der Waals surface area contributed by atoms with E-state index >= 15 is 0 Å². The summed E-state index contributed by atoms with van der Waals surface area (Å²) in [6, 6.07) is 6.27. The zero-order chi connectivity index (χ0) is 16.8. The Balaban J connectivity index is 2.00. The van der Waals surface area contributed by atoms with E-state index in [0.717, 1.165) is 10.6 Å². The molecule has 0 radical (unpaired) electrons. The molecule has 3 N–H and O–H groups in total. The minimum atomic E-state index is -0.273. The molecule has 23 heavy (non-hydrogen) atoms. The molecule has 7 heteroatoms. The number of carbonyl (C=O) groups is 1. The number of nitrogens with one attached hydrogen (secondary N) is 1. The predicted octanol–water partition coefficient (Wildman–Crippen LogP) is 1.82. The maximum absolute atomic E-state index is 13.1. The molecule has 0 saturated carbocycles. The van der Waals surface area contributed by atoms with Gasteiger partial charge in [0, 0.05) is 18.3 Å². The van der Waals surface area contributed by atoms with Crippen LogP contribution in [0.3, 0.4) is 0 Å². The minimum Gasteiger partial charge on any atom is -0.349 e. The van der Waals surface area contributed by atoms with Crippen LogP contribution in [-0.2, 0) is 6.42 Å². The highest BCUT2D eigenvalue weighted by molar-refractivity contribution is 7.09. The Morgan fingerprint density at radius 2 is 2.09 bits per heavy atom. The molecule has 0 aliphatic heterocycles. The van der Waals surface area contributed by atoms with Gasteiger partial charge in [-0.3, -0.25) is 4.79 Å². The van der Waals surface area contributed by atoms with Gasteiger partial charge in [-0.2, -0.15) is 0 Å². The Morgan fingerprint density at radius 1 is 1.39 bits per heavy atom. The molecule has 0 bridgehead atoms. The number of amides is 1. The third kappa shape index (κ3) is 4.82. The molecule has 1 amide bonds. The summed E-state index contributed by atoms with van der Waals surface area (Å²) in [4.78, 5) is 18.4. The van der Waals surface area contributed by atoms with Gasteiger partial charge in [-0.1, -0.05) is 12.1 Å². The second kappa shape index (κ2) is 8.14. The fourth-order valence-electron chi connectivity index (χ4n) is 2.22. The van der Waals surface area contributed by atoms with Crippen LogP contribution in [0, 0.1) is 5.82 Å². The van der Waals surface area contributed by atoms with Gasteiger partial charge in [0.2, 0.25) is 0 Å². The fourth-order valence-corrected chi connectivity index (χ4v) is 3.01. The fraction of sp³-hybridized carbons (Fsp3) is 0.375. The summed E-state index contributed by atoms with van der Waals surface area (Å²) in [6.07, 6.45) is 0.674. The van der Waals surface area contributed by atoms with Crippen molar-refractivity contribution in [3.8, 4) is 0 Å². The predicted molar refractivity (Wildman–Crippen MR) is 90.0 cm³/mol. The van der Waals surface area contributed by atoms with Crippen LogP contribution in [-0.4, -0.2) is 43.0 Å². The number of hydrogen-bond donors (Lipinski definition) is 2. The highest BCUT2D eigenvalue weighted by atomic mass is 32.1. The van der Waals surface area contributed by atoms with Crippen LogP contribution in [0.4, 0.5) is 4.39 Å². The maximum Gasteiger partial charge on any atom is 0.270 e. The molecule has 2 rings (SSSR count). The molecule has 5 nitrogen and oxygen atoms in total. The average Bonchev–Trinajstić information content (AvgIpc) is 2.98. The van der Waals surface area contributed by atoms with Crippen molar-refractivity contribution < 1.29 is 9.18 Å². The first-order chi connectivity index (χ1) is 11.0. The summed E-state index contributed by atoms with van der Waals surface area (Å²) < 4.78 is 13.1. The van der Waals surface area contributed by atoms with Gasteiger partial charge >= 0.3 is 0 Å². The Bertz CT molecular complexity index is 642. The van der Waals surface area contributed by atoms with Crippen LogP contribution in [0.15, 0.2) is 29.6 Å². The zero-order valence-corrected chi connectivity index (χ0v) is 14.1. The van der Waals surface area contributed by atoms with Crippen LogP contribution in [0.2, 0.25) is 0 Å². The summed E-state index contributed by atoms with van der Waals surface area (Å²) in [6.45, 7) is 0.934. The third-order valence-electron chi connectivity index (χ3n) is 3.48. The van der Waals surface area contributed by atoms with Crippen LogP contribution in [0.5, 0.6) is 0 Å². The molecule has 1 atom stereocenters. The lowest BCUT2D eigenvalue weighted by atomic mass is 10.1. The number of halogens is 1. The number of benzene rings is 1. The second-order valence-corrected chi connectivity index (χ2v) is 6.35. The lowest BCUT2D eigenvalue weighted by Crippen LogP contribution is -2.34. The summed E-state index contributed by atoms with van der Waals surface area (Å²) in [7, 11) is 3.84. The molecule has 0 saturated heterocycles. The van der Waals surface area contributed by atoms with Crippen molar-refractivity contribution in [2.75, 3.05) is 27.2 Å². The Hall–Kier alpha value is -1.83. The number of aromatic nitrogens is 1. The van der Waals surface area contributed by atoms with Crippen molar-refractivity contribution in [3.05, 3.63) is 51.7 Å². The molecule has 2 aromatic rings. The summed E-state index contributed by atoms with van der Waals surface area (Å²) in [5.74, 6) is -0.483. The highest BCUT2D eigenvalue weighted by Gasteiger charge is 2.17. The first kappa shape index (κ1) is 17.5. The van der Waals surface area contributed by atoms with E-state index in [4.69, 9.17) is 5.73 Å². The van der Waals surface area contributed by atoms with Crippen molar-refractivity contribution in [2.24, 2.45) is 5.73 Å². The van der Waals surface area contributed by atoms with E-state index in [1.54, 1.807) is 17.5 Å². The number of nitrogens with two attached hydrogens (primary N) is 1. The number of thiazole rings is 1. The SMILES string of the molecule is CN(C)C(CNC(=O)c1csc(CCN)n1)c1ccc(F)cc1. The van der Waals surface area contributed by atoms with E-state index < -0.39 is 0 Å². The molecule has 124 valence electrons. The Kier molecular flexibility index (Phi) is 6.20. The van der Waals surface area contributed by atoms with Crippen LogP contribution >= 0.6 is 11.3 Å². The van der Waals surface area contributed by atoms with Crippen LogP contribution < -0.4 is 11.1 Å². The van der Waals surface area contributed by atoms with E-state index in [-0.39, 0.29) is 17.8 Å². The average molecular weight is 336 g/mol. The molecule has 1 aromatic carbocycles. The number of rotatable bonds is 7. The van der Waals surface area contributed by atoms with E-state index in [1.165, 1.54) is 23.5 Å². The minimum absolute atomic E-state index is 0.0401.